The van der Waals surface area contributed by atoms with Crippen molar-refractivity contribution in [3.63, 3.8) is 0 Å². The molecular formula is C18H23N3O4. The molecule has 0 aromatic carbocycles. The van der Waals surface area contributed by atoms with Gasteiger partial charge in [-0.2, -0.15) is 0 Å². The van der Waals surface area contributed by atoms with Crippen LogP contribution in [0.3, 0.4) is 0 Å². The molecule has 0 saturated carbocycles. The van der Waals surface area contributed by atoms with E-state index in [0.717, 1.165) is 25.7 Å². The van der Waals surface area contributed by atoms with E-state index in [4.69, 9.17) is 14.6 Å². The molecular weight excluding hydrogens is 322 g/mol. The van der Waals surface area contributed by atoms with E-state index in [-0.39, 0.29) is 5.56 Å². The fraction of sp³-hybridized carbons (Fsp3) is 0.444. The Balaban J connectivity index is 2.22. The molecule has 25 heavy (non-hydrogen) atoms. The first kappa shape index (κ1) is 18.6. The van der Waals surface area contributed by atoms with Crippen LogP contribution in [0.4, 0.5) is 0 Å². The number of unbranched alkanes of at least 4 members (excludes halogenated alkanes) is 2. The highest BCUT2D eigenvalue weighted by Gasteiger charge is 2.12. The molecule has 2 aromatic heterocycles. The maximum absolute atomic E-state index is 10.9. The molecule has 0 aliphatic carbocycles. The summed E-state index contributed by atoms with van der Waals surface area (Å²) in [6, 6.07) is 1.73. The molecule has 0 fully saturated rings. The number of hydrogen-bond donors (Lipinski definition) is 1. The molecule has 7 heteroatoms. The number of aromatic carboxylic acids is 1. The lowest BCUT2D eigenvalue weighted by atomic mass is 10.3. The Morgan fingerprint density at radius 1 is 0.960 bits per heavy atom. The number of hydrogen-bond acceptors (Lipinski definition) is 6. The van der Waals surface area contributed by atoms with Crippen molar-refractivity contribution in [2.24, 2.45) is 0 Å². The Morgan fingerprint density at radius 3 is 2.12 bits per heavy atom. The van der Waals surface area contributed by atoms with Crippen LogP contribution < -0.4 is 9.47 Å². The third-order valence-corrected chi connectivity index (χ3v) is 3.47. The Labute approximate surface area is 147 Å². The third kappa shape index (κ3) is 5.41. The number of carbonyl (C=O) groups is 1. The molecule has 0 radical (unpaired) electrons. The lowest BCUT2D eigenvalue weighted by Gasteiger charge is -2.13. The van der Waals surface area contributed by atoms with Crippen LogP contribution in [-0.4, -0.2) is 39.2 Å². The Bertz CT molecular complexity index is 689. The van der Waals surface area contributed by atoms with E-state index < -0.39 is 5.97 Å². The number of carboxylic acids is 1. The van der Waals surface area contributed by atoms with Gasteiger partial charge in [0.15, 0.2) is 17.3 Å². The van der Waals surface area contributed by atoms with Crippen molar-refractivity contribution in [3.05, 3.63) is 30.2 Å². The lowest BCUT2D eigenvalue weighted by Crippen LogP contribution is -2.04. The molecule has 1 N–H and O–H groups in total. The summed E-state index contributed by atoms with van der Waals surface area (Å²) in [5.74, 6) is 0.462. The number of pyridine rings is 1. The minimum atomic E-state index is -1.07. The van der Waals surface area contributed by atoms with Gasteiger partial charge >= 0.3 is 5.97 Å². The lowest BCUT2D eigenvalue weighted by molar-refractivity contribution is 0.0696. The Morgan fingerprint density at radius 2 is 1.56 bits per heavy atom. The monoisotopic (exact) mass is 345 g/mol. The summed E-state index contributed by atoms with van der Waals surface area (Å²) in [7, 11) is 0. The van der Waals surface area contributed by atoms with E-state index in [1.165, 1.54) is 12.4 Å². The van der Waals surface area contributed by atoms with Gasteiger partial charge in [0, 0.05) is 18.5 Å². The molecule has 0 aliphatic heterocycles. The molecule has 0 atom stereocenters. The van der Waals surface area contributed by atoms with Gasteiger partial charge in [0.05, 0.1) is 25.0 Å². The van der Waals surface area contributed by atoms with Crippen molar-refractivity contribution in [1.29, 1.82) is 0 Å². The predicted octanol–water partition coefficient (Wildman–Crippen LogP) is 3.59. The second kappa shape index (κ2) is 9.56. The molecule has 0 spiro atoms. The topological polar surface area (TPSA) is 94.4 Å². The number of ether oxygens (including phenoxy) is 2. The highest BCUT2D eigenvalue weighted by molar-refractivity contribution is 5.86. The summed E-state index contributed by atoms with van der Waals surface area (Å²) in [6.07, 6.45) is 8.09. The summed E-state index contributed by atoms with van der Waals surface area (Å²) in [5.41, 5.74) is 0.536. The maximum atomic E-state index is 10.9. The van der Waals surface area contributed by atoms with Crippen LogP contribution in [0.25, 0.3) is 11.5 Å². The van der Waals surface area contributed by atoms with Crippen molar-refractivity contribution < 1.29 is 19.4 Å². The minimum Gasteiger partial charge on any atom is -0.490 e. The Hall–Kier alpha value is -2.70. The summed E-state index contributed by atoms with van der Waals surface area (Å²) < 4.78 is 11.6. The molecule has 0 aliphatic rings. The van der Waals surface area contributed by atoms with Crippen LogP contribution in [0.5, 0.6) is 11.5 Å². The first-order chi connectivity index (χ1) is 12.2. The van der Waals surface area contributed by atoms with Gasteiger partial charge < -0.3 is 14.6 Å². The van der Waals surface area contributed by atoms with Crippen molar-refractivity contribution in [2.75, 3.05) is 13.2 Å². The van der Waals surface area contributed by atoms with Gasteiger partial charge in [0.1, 0.15) is 5.69 Å². The minimum absolute atomic E-state index is 0.0303. The van der Waals surface area contributed by atoms with Crippen LogP contribution in [0.1, 0.15) is 49.9 Å². The number of aromatic nitrogens is 3. The van der Waals surface area contributed by atoms with Gasteiger partial charge in [-0.1, -0.05) is 26.7 Å². The molecule has 0 amide bonds. The largest absolute Gasteiger partial charge is 0.490 e. The van der Waals surface area contributed by atoms with Crippen LogP contribution in [-0.2, 0) is 0 Å². The highest BCUT2D eigenvalue weighted by atomic mass is 16.5. The van der Waals surface area contributed by atoms with E-state index in [2.05, 4.69) is 28.8 Å². The van der Waals surface area contributed by atoms with Crippen molar-refractivity contribution in [1.82, 2.24) is 15.0 Å². The van der Waals surface area contributed by atoms with Gasteiger partial charge in [-0.3, -0.25) is 0 Å². The first-order valence-electron chi connectivity index (χ1n) is 8.47. The van der Waals surface area contributed by atoms with Crippen molar-refractivity contribution >= 4 is 5.97 Å². The molecule has 2 aromatic rings. The number of nitrogens with zero attached hydrogens (tertiary/aromatic N) is 3. The Kier molecular flexibility index (Phi) is 7.13. The van der Waals surface area contributed by atoms with Crippen LogP contribution in [0.2, 0.25) is 0 Å². The van der Waals surface area contributed by atoms with Gasteiger partial charge in [-0.15, -0.1) is 0 Å². The molecule has 7 nitrogen and oxygen atoms in total. The third-order valence-electron chi connectivity index (χ3n) is 3.47. The van der Waals surface area contributed by atoms with Gasteiger partial charge in [0.25, 0.3) is 0 Å². The average Bonchev–Trinajstić information content (AvgIpc) is 2.63. The molecule has 0 saturated heterocycles. The highest BCUT2D eigenvalue weighted by Crippen LogP contribution is 2.30. The van der Waals surface area contributed by atoms with Crippen LogP contribution >= 0.6 is 0 Å². The fourth-order valence-corrected chi connectivity index (χ4v) is 1.99. The van der Waals surface area contributed by atoms with E-state index in [1.807, 2.05) is 0 Å². The average molecular weight is 345 g/mol. The molecule has 0 bridgehead atoms. The zero-order valence-electron chi connectivity index (χ0n) is 14.6. The summed E-state index contributed by atoms with van der Waals surface area (Å²) in [6.45, 7) is 5.38. The van der Waals surface area contributed by atoms with E-state index in [0.29, 0.717) is 36.2 Å². The second-order valence-corrected chi connectivity index (χ2v) is 5.52. The van der Waals surface area contributed by atoms with Gasteiger partial charge in [-0.05, 0) is 12.8 Å². The normalized spacial score (nSPS) is 10.5. The van der Waals surface area contributed by atoms with Crippen molar-refractivity contribution in [2.45, 2.75) is 39.5 Å². The first-order valence-corrected chi connectivity index (χ1v) is 8.47. The standard InChI is InChI=1S/C18H23N3O4/c1-3-5-7-24-15-9-14(19-12-16(15)25-8-6-4-2)17-20-10-13(11-21-17)18(22)23/h9-12H,3-8H2,1-2H3,(H,22,23). The van der Waals surface area contributed by atoms with E-state index in [9.17, 15) is 4.79 Å². The quantitative estimate of drug-likeness (QED) is 0.657. The van der Waals surface area contributed by atoms with Crippen molar-refractivity contribution in [3.8, 4) is 23.0 Å². The molecule has 134 valence electrons. The summed E-state index contributed by atoms with van der Waals surface area (Å²) >= 11 is 0. The SMILES string of the molecule is CCCCOc1cnc(-c2ncc(C(=O)O)cn2)cc1OCCCC. The van der Waals surface area contributed by atoms with Gasteiger partial charge in [-0.25, -0.2) is 19.7 Å². The summed E-state index contributed by atoms with van der Waals surface area (Å²) in [4.78, 5) is 23.3. The zero-order valence-corrected chi connectivity index (χ0v) is 14.6. The molecule has 0 unspecified atom stereocenters. The van der Waals surface area contributed by atoms with E-state index in [1.54, 1.807) is 12.3 Å². The maximum Gasteiger partial charge on any atom is 0.338 e. The second-order valence-electron chi connectivity index (χ2n) is 5.52. The van der Waals surface area contributed by atoms with E-state index >= 15 is 0 Å². The number of carboxylic acid groups (broad SMARTS) is 1. The fourth-order valence-electron chi connectivity index (χ4n) is 1.99. The number of rotatable bonds is 10. The molecule has 2 rings (SSSR count). The van der Waals surface area contributed by atoms with Crippen LogP contribution in [0, 0.1) is 0 Å². The predicted molar refractivity (Wildman–Crippen MR) is 93.0 cm³/mol. The smallest absolute Gasteiger partial charge is 0.338 e. The van der Waals surface area contributed by atoms with Crippen LogP contribution in [0.15, 0.2) is 24.7 Å². The molecule has 2 heterocycles. The summed E-state index contributed by atoms with van der Waals surface area (Å²) in [5, 5.41) is 8.92. The van der Waals surface area contributed by atoms with Gasteiger partial charge in [0.2, 0.25) is 0 Å². The zero-order chi connectivity index (χ0) is 18.1.